The van der Waals surface area contributed by atoms with Gasteiger partial charge in [-0.15, -0.1) is 13.2 Å². The first-order valence-corrected chi connectivity index (χ1v) is 6.15. The zero-order valence-electron chi connectivity index (χ0n) is 9.54. The van der Waals surface area contributed by atoms with Crippen molar-refractivity contribution in [3.63, 3.8) is 0 Å². The van der Waals surface area contributed by atoms with Crippen molar-refractivity contribution < 1.29 is 22.6 Å². The van der Waals surface area contributed by atoms with Crippen LogP contribution in [0.4, 0.5) is 13.2 Å². The molecule has 100 valence electrons. The topological polar surface area (TPSA) is 18.5 Å². The van der Waals surface area contributed by atoms with Crippen LogP contribution in [0.5, 0.6) is 11.5 Å². The molecule has 0 aromatic heterocycles. The number of hydrogen-bond acceptors (Lipinski definition) is 3. The van der Waals surface area contributed by atoms with E-state index in [1.807, 2.05) is 0 Å². The Kier molecular flexibility index (Phi) is 3.66. The van der Waals surface area contributed by atoms with E-state index in [-0.39, 0.29) is 11.2 Å². The number of benzene rings is 1. The van der Waals surface area contributed by atoms with Crippen molar-refractivity contribution in [1.82, 2.24) is 0 Å². The summed E-state index contributed by atoms with van der Waals surface area (Å²) in [6.07, 6.45) is -2.48. The molecular weight excluding hydrogens is 265 g/mol. The summed E-state index contributed by atoms with van der Waals surface area (Å²) in [7, 11) is 0. The van der Waals surface area contributed by atoms with Crippen LogP contribution in [0.3, 0.4) is 0 Å². The fraction of sp³-hybridized carbons (Fsp3) is 0.500. The van der Waals surface area contributed by atoms with Gasteiger partial charge in [0.25, 0.3) is 0 Å². The van der Waals surface area contributed by atoms with Gasteiger partial charge in [0.1, 0.15) is 11.5 Å². The zero-order chi connectivity index (χ0) is 13.2. The zero-order valence-corrected chi connectivity index (χ0v) is 10.4. The lowest BCUT2D eigenvalue weighted by Crippen LogP contribution is -2.17. The Hall–Kier alpha value is -1.04. The van der Waals surface area contributed by atoms with Crippen molar-refractivity contribution in [2.45, 2.75) is 19.2 Å². The number of ether oxygens (including phenoxy) is 2. The molecule has 1 aliphatic rings. The highest BCUT2D eigenvalue weighted by atomic mass is 32.1. The second-order valence-corrected chi connectivity index (χ2v) is 4.78. The van der Waals surface area contributed by atoms with E-state index >= 15 is 0 Å². The molecule has 1 saturated carbocycles. The van der Waals surface area contributed by atoms with Crippen LogP contribution in [0.25, 0.3) is 0 Å². The SMILES string of the molecule is FC(F)(F)Oc1ccc(OCC2(CS)CC2)cc1. The Balaban J connectivity index is 1.88. The molecule has 0 N–H and O–H groups in total. The molecule has 0 aliphatic heterocycles. The van der Waals surface area contributed by atoms with Crippen molar-refractivity contribution >= 4 is 12.6 Å². The second-order valence-electron chi connectivity index (χ2n) is 4.47. The Labute approximate surface area is 108 Å². The molecule has 2 rings (SSSR count). The van der Waals surface area contributed by atoms with Crippen molar-refractivity contribution in [3.05, 3.63) is 24.3 Å². The highest BCUT2D eigenvalue weighted by Crippen LogP contribution is 2.46. The monoisotopic (exact) mass is 278 g/mol. The van der Waals surface area contributed by atoms with Crippen molar-refractivity contribution in [3.8, 4) is 11.5 Å². The van der Waals surface area contributed by atoms with E-state index in [9.17, 15) is 13.2 Å². The molecule has 0 saturated heterocycles. The number of alkyl halides is 3. The van der Waals surface area contributed by atoms with Gasteiger partial charge in [-0.2, -0.15) is 12.6 Å². The summed E-state index contributed by atoms with van der Waals surface area (Å²) in [5.41, 5.74) is 0.157. The van der Waals surface area contributed by atoms with Crippen LogP contribution in [0, 0.1) is 5.41 Å². The molecule has 6 heteroatoms. The van der Waals surface area contributed by atoms with E-state index in [1.54, 1.807) is 0 Å². The van der Waals surface area contributed by atoms with Crippen LogP contribution >= 0.6 is 12.6 Å². The van der Waals surface area contributed by atoms with Crippen molar-refractivity contribution in [2.75, 3.05) is 12.4 Å². The second kappa shape index (κ2) is 4.91. The standard InChI is InChI=1S/C12H13F3O2S/c13-12(14,15)17-10-3-1-9(2-4-10)16-7-11(8-18)5-6-11/h1-4,18H,5-8H2. The molecule has 0 amide bonds. The molecule has 0 radical (unpaired) electrons. The van der Waals surface area contributed by atoms with Gasteiger partial charge in [0, 0.05) is 5.41 Å². The van der Waals surface area contributed by atoms with Gasteiger partial charge < -0.3 is 9.47 Å². The van der Waals surface area contributed by atoms with Crippen LogP contribution in [-0.4, -0.2) is 18.7 Å². The first kappa shape index (κ1) is 13.4. The third-order valence-electron chi connectivity index (χ3n) is 2.89. The fourth-order valence-electron chi connectivity index (χ4n) is 1.50. The third-order valence-corrected chi connectivity index (χ3v) is 3.57. The predicted molar refractivity (Wildman–Crippen MR) is 64.1 cm³/mol. The molecule has 18 heavy (non-hydrogen) atoms. The highest BCUT2D eigenvalue weighted by molar-refractivity contribution is 7.80. The molecule has 1 aliphatic carbocycles. The number of thiol groups is 1. The Morgan fingerprint density at radius 1 is 1.11 bits per heavy atom. The molecule has 0 atom stereocenters. The Morgan fingerprint density at radius 2 is 1.67 bits per heavy atom. The van der Waals surface area contributed by atoms with Gasteiger partial charge in [0.05, 0.1) is 6.61 Å². The van der Waals surface area contributed by atoms with Gasteiger partial charge in [-0.3, -0.25) is 0 Å². The van der Waals surface area contributed by atoms with Crippen LogP contribution in [0.15, 0.2) is 24.3 Å². The largest absolute Gasteiger partial charge is 0.573 e. The molecule has 0 unspecified atom stereocenters. The van der Waals surface area contributed by atoms with E-state index in [2.05, 4.69) is 17.4 Å². The summed E-state index contributed by atoms with van der Waals surface area (Å²) >= 11 is 4.25. The number of rotatable bonds is 5. The fourth-order valence-corrected chi connectivity index (χ4v) is 1.91. The van der Waals surface area contributed by atoms with Gasteiger partial charge in [0.15, 0.2) is 0 Å². The molecular formula is C12H13F3O2S. The maximum Gasteiger partial charge on any atom is 0.573 e. The lowest BCUT2D eigenvalue weighted by atomic mass is 10.2. The summed E-state index contributed by atoms with van der Waals surface area (Å²) in [4.78, 5) is 0. The lowest BCUT2D eigenvalue weighted by molar-refractivity contribution is -0.274. The summed E-state index contributed by atoms with van der Waals surface area (Å²) in [6.45, 7) is 0.552. The smallest absolute Gasteiger partial charge is 0.493 e. The van der Waals surface area contributed by atoms with E-state index in [1.165, 1.54) is 24.3 Å². The van der Waals surface area contributed by atoms with Gasteiger partial charge in [-0.25, -0.2) is 0 Å². The molecule has 1 aromatic rings. The predicted octanol–water partition coefficient (Wildman–Crippen LogP) is 3.67. The first-order valence-electron chi connectivity index (χ1n) is 5.52. The van der Waals surface area contributed by atoms with Crippen molar-refractivity contribution in [1.29, 1.82) is 0 Å². The van der Waals surface area contributed by atoms with Crippen LogP contribution < -0.4 is 9.47 Å². The average Bonchev–Trinajstić information content (AvgIpc) is 3.07. The number of halogens is 3. The van der Waals surface area contributed by atoms with Crippen LogP contribution in [-0.2, 0) is 0 Å². The highest BCUT2D eigenvalue weighted by Gasteiger charge is 2.42. The molecule has 1 fully saturated rings. The quantitative estimate of drug-likeness (QED) is 0.828. The minimum atomic E-state index is -4.66. The van der Waals surface area contributed by atoms with Gasteiger partial charge in [-0.05, 0) is 42.9 Å². The molecule has 0 heterocycles. The summed E-state index contributed by atoms with van der Waals surface area (Å²) in [5, 5.41) is 0. The summed E-state index contributed by atoms with van der Waals surface area (Å²) in [6, 6.07) is 5.41. The lowest BCUT2D eigenvalue weighted by Gasteiger charge is -2.14. The third kappa shape index (κ3) is 3.73. The van der Waals surface area contributed by atoms with Crippen molar-refractivity contribution in [2.24, 2.45) is 5.41 Å². The maximum atomic E-state index is 11.9. The van der Waals surface area contributed by atoms with Crippen LogP contribution in [0.1, 0.15) is 12.8 Å². The first-order chi connectivity index (χ1) is 8.42. The van der Waals surface area contributed by atoms with E-state index in [0.29, 0.717) is 12.4 Å². The molecule has 0 spiro atoms. The number of hydrogen-bond donors (Lipinski definition) is 1. The van der Waals surface area contributed by atoms with E-state index in [4.69, 9.17) is 4.74 Å². The molecule has 1 aromatic carbocycles. The maximum absolute atomic E-state index is 11.9. The summed E-state index contributed by atoms with van der Waals surface area (Å²) in [5.74, 6) is 1.06. The van der Waals surface area contributed by atoms with Crippen LogP contribution in [0.2, 0.25) is 0 Å². The summed E-state index contributed by atoms with van der Waals surface area (Å²) < 4.78 is 45.1. The molecule has 2 nitrogen and oxygen atoms in total. The average molecular weight is 278 g/mol. The normalized spacial score (nSPS) is 17.3. The minimum absolute atomic E-state index is 0.157. The minimum Gasteiger partial charge on any atom is -0.493 e. The van der Waals surface area contributed by atoms with Gasteiger partial charge >= 0.3 is 6.36 Å². The van der Waals surface area contributed by atoms with E-state index in [0.717, 1.165) is 18.6 Å². The van der Waals surface area contributed by atoms with Gasteiger partial charge in [-0.1, -0.05) is 0 Å². The Morgan fingerprint density at radius 3 is 2.11 bits per heavy atom. The Bertz CT molecular complexity index is 399. The van der Waals surface area contributed by atoms with Gasteiger partial charge in [0.2, 0.25) is 0 Å². The van der Waals surface area contributed by atoms with E-state index < -0.39 is 6.36 Å². The molecule has 0 bridgehead atoms.